The summed E-state index contributed by atoms with van der Waals surface area (Å²) in [4.78, 5) is 10.9. The topological polar surface area (TPSA) is 72.3 Å². The molecule has 0 fully saturated rings. The molecule has 1 aromatic heterocycles. The van der Waals surface area contributed by atoms with E-state index in [1.807, 2.05) is 13.8 Å². The molecule has 0 aliphatic heterocycles. The van der Waals surface area contributed by atoms with Gasteiger partial charge in [-0.2, -0.15) is 5.10 Å². The van der Waals surface area contributed by atoms with E-state index >= 15 is 0 Å². The van der Waals surface area contributed by atoms with E-state index in [1.165, 1.54) is 13.2 Å². The predicted octanol–water partition coefficient (Wildman–Crippen LogP) is 2.67. The molecule has 0 bridgehead atoms. The number of nitrogens with zero attached hydrogens (tertiary/aromatic N) is 2. The molecule has 18 heavy (non-hydrogen) atoms. The molecule has 0 aliphatic carbocycles. The first-order chi connectivity index (χ1) is 8.61. The van der Waals surface area contributed by atoms with Gasteiger partial charge in [0.1, 0.15) is 11.3 Å². The lowest BCUT2D eigenvalue weighted by Crippen LogP contribution is -1.99. The molecule has 0 aliphatic rings. The SMILES string of the molecule is CC.COc1cc(C(=O)O)cc2cc(C)nnc12. The average molecular weight is 248 g/mol. The van der Waals surface area contributed by atoms with Crippen LogP contribution in [-0.4, -0.2) is 28.4 Å². The number of aromatic carboxylic acids is 1. The molecule has 0 atom stereocenters. The lowest BCUT2D eigenvalue weighted by atomic mass is 10.1. The molecule has 1 aromatic carbocycles. The van der Waals surface area contributed by atoms with Gasteiger partial charge < -0.3 is 9.84 Å². The number of rotatable bonds is 2. The fourth-order valence-electron chi connectivity index (χ4n) is 1.51. The van der Waals surface area contributed by atoms with Crippen LogP contribution in [0.4, 0.5) is 0 Å². The minimum Gasteiger partial charge on any atom is -0.494 e. The zero-order valence-electron chi connectivity index (χ0n) is 10.9. The first-order valence-corrected chi connectivity index (χ1v) is 5.67. The van der Waals surface area contributed by atoms with Crippen LogP contribution >= 0.6 is 0 Å². The van der Waals surface area contributed by atoms with Gasteiger partial charge in [0.15, 0.2) is 0 Å². The normalized spacial score (nSPS) is 9.56. The van der Waals surface area contributed by atoms with Gasteiger partial charge in [-0.3, -0.25) is 0 Å². The maximum atomic E-state index is 10.9. The standard InChI is InChI=1S/C11H10N2O3.C2H6/c1-6-3-7-4-8(11(14)15)5-9(16-2)10(7)13-12-6;1-2/h3-5H,1-2H3,(H,14,15);1-2H3. The number of aryl methyl sites for hydroxylation is 1. The number of methoxy groups -OCH3 is 1. The number of carbonyl (C=O) groups is 1. The lowest BCUT2D eigenvalue weighted by Gasteiger charge is -2.06. The molecular formula is C13H16N2O3. The predicted molar refractivity (Wildman–Crippen MR) is 69.1 cm³/mol. The van der Waals surface area contributed by atoms with Gasteiger partial charge in [0.2, 0.25) is 0 Å². The molecule has 1 heterocycles. The molecule has 0 amide bonds. The number of hydrogen-bond donors (Lipinski definition) is 1. The van der Waals surface area contributed by atoms with Crippen molar-refractivity contribution in [3.63, 3.8) is 0 Å². The number of hydrogen-bond acceptors (Lipinski definition) is 4. The molecule has 5 nitrogen and oxygen atoms in total. The third-order valence-corrected chi connectivity index (χ3v) is 2.24. The minimum atomic E-state index is -0.991. The van der Waals surface area contributed by atoms with Crippen molar-refractivity contribution < 1.29 is 14.6 Å². The monoisotopic (exact) mass is 248 g/mol. The molecule has 2 rings (SSSR count). The van der Waals surface area contributed by atoms with Crippen molar-refractivity contribution in [3.05, 3.63) is 29.5 Å². The highest BCUT2D eigenvalue weighted by atomic mass is 16.5. The molecule has 96 valence electrons. The lowest BCUT2D eigenvalue weighted by molar-refractivity contribution is 0.0696. The van der Waals surface area contributed by atoms with Gasteiger partial charge in [-0.25, -0.2) is 4.79 Å². The van der Waals surface area contributed by atoms with Gasteiger partial charge in [-0.1, -0.05) is 13.8 Å². The van der Waals surface area contributed by atoms with E-state index < -0.39 is 5.97 Å². The second-order valence-electron chi connectivity index (χ2n) is 3.41. The molecule has 0 unspecified atom stereocenters. The first-order valence-electron chi connectivity index (χ1n) is 5.67. The van der Waals surface area contributed by atoms with E-state index in [0.29, 0.717) is 16.7 Å². The summed E-state index contributed by atoms with van der Waals surface area (Å²) in [5.74, 6) is -0.572. The van der Waals surface area contributed by atoms with Gasteiger partial charge in [-0.15, -0.1) is 5.10 Å². The summed E-state index contributed by atoms with van der Waals surface area (Å²) in [6.07, 6.45) is 0. The molecule has 1 N–H and O–H groups in total. The van der Waals surface area contributed by atoms with Crippen LogP contribution in [0.3, 0.4) is 0 Å². The summed E-state index contributed by atoms with van der Waals surface area (Å²) in [7, 11) is 1.47. The van der Waals surface area contributed by atoms with Crippen molar-refractivity contribution in [2.24, 2.45) is 0 Å². The van der Waals surface area contributed by atoms with Crippen LogP contribution in [-0.2, 0) is 0 Å². The minimum absolute atomic E-state index is 0.178. The molecule has 0 saturated heterocycles. The maximum absolute atomic E-state index is 10.9. The second-order valence-corrected chi connectivity index (χ2v) is 3.41. The van der Waals surface area contributed by atoms with Gasteiger partial charge in [0.05, 0.1) is 18.4 Å². The summed E-state index contributed by atoms with van der Waals surface area (Å²) >= 11 is 0. The third kappa shape index (κ3) is 2.74. The van der Waals surface area contributed by atoms with Crippen molar-refractivity contribution in [3.8, 4) is 5.75 Å². The van der Waals surface area contributed by atoms with Crippen LogP contribution in [0, 0.1) is 6.92 Å². The van der Waals surface area contributed by atoms with Gasteiger partial charge in [0, 0.05) is 5.39 Å². The summed E-state index contributed by atoms with van der Waals surface area (Å²) in [6, 6.07) is 4.77. The van der Waals surface area contributed by atoms with Crippen molar-refractivity contribution in [2.45, 2.75) is 20.8 Å². The zero-order valence-corrected chi connectivity index (χ0v) is 10.9. The average Bonchev–Trinajstić information content (AvgIpc) is 2.39. The van der Waals surface area contributed by atoms with Crippen LogP contribution in [0.5, 0.6) is 5.75 Å². The number of carboxylic acids is 1. The van der Waals surface area contributed by atoms with Crippen LogP contribution < -0.4 is 4.74 Å². The fourth-order valence-corrected chi connectivity index (χ4v) is 1.51. The Morgan fingerprint density at radius 2 is 1.89 bits per heavy atom. The summed E-state index contributed by atoms with van der Waals surface area (Å²) in [5, 5.41) is 17.6. The molecule has 0 spiro atoms. The number of benzene rings is 1. The summed E-state index contributed by atoms with van der Waals surface area (Å²) in [6.45, 7) is 5.80. The maximum Gasteiger partial charge on any atom is 0.335 e. The van der Waals surface area contributed by atoms with E-state index in [1.54, 1.807) is 19.1 Å². The Labute approximate surface area is 105 Å². The largest absolute Gasteiger partial charge is 0.494 e. The number of aromatic nitrogens is 2. The van der Waals surface area contributed by atoms with Crippen molar-refractivity contribution in [1.82, 2.24) is 10.2 Å². The van der Waals surface area contributed by atoms with Crippen LogP contribution in [0.15, 0.2) is 18.2 Å². The van der Waals surface area contributed by atoms with Gasteiger partial charge in [0.25, 0.3) is 0 Å². The Morgan fingerprint density at radius 3 is 2.44 bits per heavy atom. The van der Waals surface area contributed by atoms with Gasteiger partial charge in [-0.05, 0) is 25.1 Å². The number of ether oxygens (including phenoxy) is 1. The smallest absolute Gasteiger partial charge is 0.335 e. The number of fused-ring (bicyclic) bond motifs is 1. The zero-order chi connectivity index (χ0) is 13.7. The fraction of sp³-hybridized carbons (Fsp3) is 0.308. The highest BCUT2D eigenvalue weighted by Gasteiger charge is 2.10. The van der Waals surface area contributed by atoms with Crippen LogP contribution in [0.25, 0.3) is 10.9 Å². The molecule has 0 saturated carbocycles. The molecule has 0 radical (unpaired) electrons. The highest BCUT2D eigenvalue weighted by molar-refractivity contribution is 5.95. The highest BCUT2D eigenvalue weighted by Crippen LogP contribution is 2.25. The Bertz CT molecular complexity index is 567. The Hall–Kier alpha value is -2.17. The Morgan fingerprint density at radius 1 is 1.22 bits per heavy atom. The van der Waals surface area contributed by atoms with Crippen molar-refractivity contribution >= 4 is 16.9 Å². The third-order valence-electron chi connectivity index (χ3n) is 2.24. The Balaban J connectivity index is 0.000000771. The molecular weight excluding hydrogens is 232 g/mol. The van der Waals surface area contributed by atoms with Crippen molar-refractivity contribution in [2.75, 3.05) is 7.11 Å². The summed E-state index contributed by atoms with van der Waals surface area (Å²) in [5.41, 5.74) is 1.48. The van der Waals surface area contributed by atoms with E-state index in [0.717, 1.165) is 5.69 Å². The molecule has 5 heteroatoms. The Kier molecular flexibility index (Phi) is 4.59. The summed E-state index contributed by atoms with van der Waals surface area (Å²) < 4.78 is 5.09. The van der Waals surface area contributed by atoms with Crippen molar-refractivity contribution in [1.29, 1.82) is 0 Å². The number of carboxylic acid groups (broad SMARTS) is 1. The van der Waals surface area contributed by atoms with E-state index in [-0.39, 0.29) is 5.56 Å². The van der Waals surface area contributed by atoms with Crippen LogP contribution in [0.1, 0.15) is 29.9 Å². The van der Waals surface area contributed by atoms with Crippen LogP contribution in [0.2, 0.25) is 0 Å². The van der Waals surface area contributed by atoms with E-state index in [2.05, 4.69) is 10.2 Å². The van der Waals surface area contributed by atoms with E-state index in [9.17, 15) is 4.79 Å². The van der Waals surface area contributed by atoms with E-state index in [4.69, 9.17) is 9.84 Å². The first kappa shape index (κ1) is 13.9. The quantitative estimate of drug-likeness (QED) is 0.884. The molecule has 2 aromatic rings. The van der Waals surface area contributed by atoms with Gasteiger partial charge >= 0.3 is 5.97 Å². The second kappa shape index (κ2) is 5.95.